The molecular weight excluding hydrogens is 550 g/mol. The number of carboxylic acids is 1. The number of aromatic nitrogens is 3. The van der Waals surface area contributed by atoms with Crippen molar-refractivity contribution in [2.24, 2.45) is 0 Å². The molecule has 12 heteroatoms. The zero-order valence-electron chi connectivity index (χ0n) is 24.9. The van der Waals surface area contributed by atoms with E-state index in [1.54, 1.807) is 59.9 Å². The highest BCUT2D eigenvalue weighted by molar-refractivity contribution is 6.03. The number of ether oxygens (including phenoxy) is 1. The van der Waals surface area contributed by atoms with Gasteiger partial charge in [0.1, 0.15) is 17.5 Å². The molecule has 2 N–H and O–H groups in total. The molecule has 1 saturated heterocycles. The number of anilines is 4. The van der Waals surface area contributed by atoms with Crippen LogP contribution in [0.4, 0.5) is 27.9 Å². The SMILES string of the molecule is CCCC(=O)N(c1ccncc1)c1cnc(N(CC)CC)nc1N[C@@H](Cc1ccc(OC(=O)N2CCCC2)cc1)C(=O)O. The van der Waals surface area contributed by atoms with E-state index in [4.69, 9.17) is 9.72 Å². The molecule has 0 bridgehead atoms. The van der Waals surface area contributed by atoms with Gasteiger partial charge in [-0.15, -0.1) is 0 Å². The van der Waals surface area contributed by atoms with Crippen LogP contribution < -0.4 is 19.9 Å². The quantitative estimate of drug-likeness (QED) is 0.283. The largest absolute Gasteiger partial charge is 0.480 e. The lowest BCUT2D eigenvalue weighted by atomic mass is 10.1. The predicted molar refractivity (Wildman–Crippen MR) is 164 cm³/mol. The maximum atomic E-state index is 13.4. The third-order valence-electron chi connectivity index (χ3n) is 7.22. The van der Waals surface area contributed by atoms with Crippen molar-refractivity contribution < 1.29 is 24.2 Å². The van der Waals surface area contributed by atoms with Crippen LogP contribution in [-0.2, 0) is 16.0 Å². The first-order valence-electron chi connectivity index (χ1n) is 14.7. The highest BCUT2D eigenvalue weighted by Crippen LogP contribution is 2.33. The number of rotatable bonds is 13. The van der Waals surface area contributed by atoms with Crippen LogP contribution in [0, 0.1) is 0 Å². The van der Waals surface area contributed by atoms with E-state index in [2.05, 4.69) is 15.3 Å². The van der Waals surface area contributed by atoms with Gasteiger partial charge in [0.05, 0.1) is 11.9 Å². The third kappa shape index (κ3) is 7.97. The summed E-state index contributed by atoms with van der Waals surface area (Å²) in [5.41, 5.74) is 1.63. The van der Waals surface area contributed by atoms with Crippen molar-refractivity contribution in [3.8, 4) is 5.75 Å². The molecule has 2 aromatic heterocycles. The van der Waals surface area contributed by atoms with Crippen LogP contribution in [0.5, 0.6) is 5.75 Å². The Morgan fingerprint density at radius 2 is 1.70 bits per heavy atom. The van der Waals surface area contributed by atoms with Crippen molar-refractivity contribution in [3.63, 3.8) is 0 Å². The molecule has 0 radical (unpaired) electrons. The number of hydrogen-bond donors (Lipinski definition) is 2. The zero-order valence-corrected chi connectivity index (χ0v) is 24.9. The van der Waals surface area contributed by atoms with Gasteiger partial charge in [0.15, 0.2) is 5.82 Å². The van der Waals surface area contributed by atoms with Gasteiger partial charge < -0.3 is 25.0 Å². The van der Waals surface area contributed by atoms with E-state index >= 15 is 0 Å². The number of likely N-dealkylation sites (tertiary alicyclic amines) is 1. The summed E-state index contributed by atoms with van der Waals surface area (Å²) in [6, 6.07) is 9.12. The van der Waals surface area contributed by atoms with Gasteiger partial charge in [-0.2, -0.15) is 4.98 Å². The van der Waals surface area contributed by atoms with Crippen LogP contribution in [0.1, 0.15) is 52.0 Å². The van der Waals surface area contributed by atoms with Crippen LogP contribution in [0.2, 0.25) is 0 Å². The molecule has 228 valence electrons. The predicted octanol–water partition coefficient (Wildman–Crippen LogP) is 4.89. The molecule has 3 heterocycles. The lowest BCUT2D eigenvalue weighted by molar-refractivity contribution is -0.137. The molecule has 1 atom stereocenters. The average Bonchev–Trinajstić information content (AvgIpc) is 3.56. The van der Waals surface area contributed by atoms with Crippen LogP contribution in [0.3, 0.4) is 0 Å². The number of hydrogen-bond acceptors (Lipinski definition) is 9. The Bertz CT molecular complexity index is 1380. The van der Waals surface area contributed by atoms with Gasteiger partial charge in [-0.25, -0.2) is 14.6 Å². The summed E-state index contributed by atoms with van der Waals surface area (Å²) in [5.74, 6) is -0.232. The van der Waals surface area contributed by atoms with Gasteiger partial charge in [0, 0.05) is 51.4 Å². The average molecular weight is 590 g/mol. The molecule has 0 unspecified atom stereocenters. The molecule has 1 aliphatic rings. The van der Waals surface area contributed by atoms with E-state index in [1.807, 2.05) is 25.7 Å². The Morgan fingerprint density at radius 3 is 2.30 bits per heavy atom. The second-order valence-corrected chi connectivity index (χ2v) is 10.2. The summed E-state index contributed by atoms with van der Waals surface area (Å²) in [7, 11) is 0. The standard InChI is InChI=1S/C31H39N7O5/c1-4-9-27(39)38(23-14-16-32-17-15-23)26-21-33-30(36(5-2)6-3)35-28(26)34-25(29(40)41)20-22-10-12-24(13-11-22)43-31(42)37-18-7-8-19-37/h10-17,21,25H,4-9,18-20H2,1-3H3,(H,40,41)(H,33,34,35)/t25-/m0/s1. The minimum Gasteiger partial charge on any atom is -0.480 e. The van der Waals surface area contributed by atoms with E-state index in [-0.39, 0.29) is 30.7 Å². The number of carbonyl (C=O) groups is 3. The number of nitrogens with zero attached hydrogens (tertiary/aromatic N) is 6. The fraction of sp³-hybridized carbons (Fsp3) is 0.419. The molecule has 3 aromatic rings. The smallest absolute Gasteiger partial charge is 0.415 e. The van der Waals surface area contributed by atoms with E-state index in [0.29, 0.717) is 61.2 Å². The van der Waals surface area contributed by atoms with Gasteiger partial charge in [0.2, 0.25) is 11.9 Å². The van der Waals surface area contributed by atoms with Crippen molar-refractivity contribution in [1.29, 1.82) is 0 Å². The highest BCUT2D eigenvalue weighted by Gasteiger charge is 2.27. The minimum absolute atomic E-state index is 0.109. The van der Waals surface area contributed by atoms with Crippen LogP contribution in [0.15, 0.2) is 55.0 Å². The van der Waals surface area contributed by atoms with Crippen molar-refractivity contribution in [2.75, 3.05) is 41.3 Å². The molecule has 1 aliphatic heterocycles. The van der Waals surface area contributed by atoms with Gasteiger partial charge in [-0.05, 0) is 62.9 Å². The Labute approximate surface area is 251 Å². The molecule has 1 fully saturated rings. The number of aliphatic carboxylic acids is 1. The maximum Gasteiger partial charge on any atom is 0.415 e. The fourth-order valence-electron chi connectivity index (χ4n) is 4.89. The lowest BCUT2D eigenvalue weighted by Gasteiger charge is -2.27. The summed E-state index contributed by atoms with van der Waals surface area (Å²) in [6.07, 6.45) is 7.30. The van der Waals surface area contributed by atoms with Crippen LogP contribution >= 0.6 is 0 Å². The fourth-order valence-corrected chi connectivity index (χ4v) is 4.89. The summed E-state index contributed by atoms with van der Waals surface area (Å²) in [4.78, 5) is 56.7. The Kier molecular flexibility index (Phi) is 10.8. The molecule has 0 saturated carbocycles. The summed E-state index contributed by atoms with van der Waals surface area (Å²) in [6.45, 7) is 8.55. The second-order valence-electron chi connectivity index (χ2n) is 10.2. The van der Waals surface area contributed by atoms with Gasteiger partial charge in [0.25, 0.3) is 0 Å². The molecule has 43 heavy (non-hydrogen) atoms. The summed E-state index contributed by atoms with van der Waals surface area (Å²) in [5, 5.41) is 13.3. The number of amides is 2. The first-order chi connectivity index (χ1) is 20.8. The number of benzene rings is 1. The van der Waals surface area contributed by atoms with Gasteiger partial charge >= 0.3 is 12.1 Å². The number of carbonyl (C=O) groups excluding carboxylic acids is 2. The molecule has 0 spiro atoms. The molecule has 2 amide bonds. The van der Waals surface area contributed by atoms with Crippen LogP contribution in [-0.4, -0.2) is 75.1 Å². The van der Waals surface area contributed by atoms with E-state index in [0.717, 1.165) is 12.8 Å². The first kappa shape index (κ1) is 31.2. The molecular formula is C31H39N7O5. The Balaban J connectivity index is 1.63. The summed E-state index contributed by atoms with van der Waals surface area (Å²) < 4.78 is 5.48. The van der Waals surface area contributed by atoms with Crippen LogP contribution in [0.25, 0.3) is 0 Å². The van der Waals surface area contributed by atoms with E-state index in [9.17, 15) is 19.5 Å². The minimum atomic E-state index is -1.09. The van der Waals surface area contributed by atoms with Gasteiger partial charge in [-0.3, -0.25) is 14.7 Å². The van der Waals surface area contributed by atoms with Gasteiger partial charge in [-0.1, -0.05) is 19.1 Å². The molecule has 0 aliphatic carbocycles. The van der Waals surface area contributed by atoms with E-state index in [1.165, 1.54) is 4.90 Å². The Morgan fingerprint density at radius 1 is 1.02 bits per heavy atom. The van der Waals surface area contributed by atoms with Crippen molar-refractivity contribution in [1.82, 2.24) is 19.9 Å². The zero-order chi connectivity index (χ0) is 30.8. The van der Waals surface area contributed by atoms with Crippen molar-refractivity contribution in [3.05, 3.63) is 60.6 Å². The maximum absolute atomic E-state index is 13.4. The van der Waals surface area contributed by atoms with Crippen molar-refractivity contribution >= 4 is 41.1 Å². The number of nitrogens with one attached hydrogen (secondary N) is 1. The first-order valence-corrected chi connectivity index (χ1v) is 14.7. The lowest BCUT2D eigenvalue weighted by Crippen LogP contribution is -2.34. The normalized spacial score (nSPS) is 13.3. The van der Waals surface area contributed by atoms with E-state index < -0.39 is 12.0 Å². The number of pyridine rings is 1. The topological polar surface area (TPSA) is 141 Å². The monoisotopic (exact) mass is 589 g/mol. The molecule has 4 rings (SSSR count). The van der Waals surface area contributed by atoms with Crippen molar-refractivity contribution in [2.45, 2.75) is 58.9 Å². The second kappa shape index (κ2) is 14.9. The molecule has 1 aromatic carbocycles. The molecule has 12 nitrogen and oxygen atoms in total. The number of carboxylic acid groups (broad SMARTS) is 1. The summed E-state index contributed by atoms with van der Waals surface area (Å²) >= 11 is 0. The Hall–Kier alpha value is -4.74. The third-order valence-corrected chi connectivity index (χ3v) is 7.22. The highest BCUT2D eigenvalue weighted by atomic mass is 16.6.